The van der Waals surface area contributed by atoms with Crippen LogP contribution in [0.5, 0.6) is 0 Å². The summed E-state index contributed by atoms with van der Waals surface area (Å²) in [4.78, 5) is 4.77. The average molecular weight is 372 g/mol. The third kappa shape index (κ3) is 3.27. The minimum Gasteiger partial charge on any atom is -0.385 e. The molecule has 21 heavy (non-hydrogen) atoms. The SMILES string of the molecule is COCCC1(Cn2c(CCCl)nc3cc(Br)ccc32)CC1. The second-order valence-electron chi connectivity index (χ2n) is 5.93. The van der Waals surface area contributed by atoms with Crippen LogP contribution in [0.15, 0.2) is 22.7 Å². The zero-order chi connectivity index (χ0) is 14.9. The molecule has 0 saturated heterocycles. The first-order valence-corrected chi connectivity index (χ1v) is 8.70. The molecule has 2 aromatic rings. The third-order valence-corrected chi connectivity index (χ3v) is 5.08. The summed E-state index contributed by atoms with van der Waals surface area (Å²) in [6.07, 6.45) is 4.51. The molecule has 1 aliphatic carbocycles. The predicted molar refractivity (Wildman–Crippen MR) is 90.0 cm³/mol. The highest BCUT2D eigenvalue weighted by Gasteiger charge is 2.42. The summed E-state index contributed by atoms with van der Waals surface area (Å²) >= 11 is 9.48. The first-order valence-electron chi connectivity index (χ1n) is 7.37. The smallest absolute Gasteiger partial charge is 0.111 e. The molecule has 1 aromatic carbocycles. The minimum absolute atomic E-state index is 0.401. The fourth-order valence-corrected chi connectivity index (χ4v) is 3.44. The van der Waals surface area contributed by atoms with E-state index in [0.717, 1.165) is 41.8 Å². The van der Waals surface area contributed by atoms with Gasteiger partial charge in [-0.15, -0.1) is 11.6 Å². The Morgan fingerprint density at radius 3 is 2.90 bits per heavy atom. The number of fused-ring (bicyclic) bond motifs is 1. The maximum absolute atomic E-state index is 5.95. The van der Waals surface area contributed by atoms with Gasteiger partial charge < -0.3 is 9.30 Å². The van der Waals surface area contributed by atoms with E-state index in [0.29, 0.717) is 11.3 Å². The number of alkyl halides is 1. The van der Waals surface area contributed by atoms with Gasteiger partial charge >= 0.3 is 0 Å². The van der Waals surface area contributed by atoms with Crippen molar-refractivity contribution >= 4 is 38.6 Å². The second kappa shape index (κ2) is 6.27. The highest BCUT2D eigenvalue weighted by Crippen LogP contribution is 2.50. The number of rotatable bonds is 7. The lowest BCUT2D eigenvalue weighted by molar-refractivity contribution is 0.167. The van der Waals surface area contributed by atoms with Gasteiger partial charge in [0.1, 0.15) is 5.82 Å². The van der Waals surface area contributed by atoms with Gasteiger partial charge in [0, 0.05) is 37.0 Å². The Kier molecular flexibility index (Phi) is 4.57. The molecule has 114 valence electrons. The van der Waals surface area contributed by atoms with Crippen molar-refractivity contribution in [1.82, 2.24) is 9.55 Å². The topological polar surface area (TPSA) is 27.1 Å². The molecule has 0 amide bonds. The molecule has 3 nitrogen and oxygen atoms in total. The molecule has 3 rings (SSSR count). The molecule has 0 spiro atoms. The number of nitrogens with zero attached hydrogens (tertiary/aromatic N) is 2. The van der Waals surface area contributed by atoms with Crippen molar-refractivity contribution in [3.05, 3.63) is 28.5 Å². The standard InChI is InChI=1S/C16H20BrClN2O/c1-21-9-7-16(5-6-16)11-20-14-3-2-12(17)10-13(14)19-15(20)4-8-18/h2-3,10H,4-9,11H2,1H3. The van der Waals surface area contributed by atoms with Crippen LogP contribution in [-0.2, 0) is 17.7 Å². The van der Waals surface area contributed by atoms with Crippen molar-refractivity contribution in [3.63, 3.8) is 0 Å². The van der Waals surface area contributed by atoms with Crippen LogP contribution in [0.25, 0.3) is 11.0 Å². The van der Waals surface area contributed by atoms with Crippen LogP contribution in [0.3, 0.4) is 0 Å². The van der Waals surface area contributed by atoms with Gasteiger partial charge in [0.15, 0.2) is 0 Å². The fourth-order valence-electron chi connectivity index (χ4n) is 2.92. The molecular weight excluding hydrogens is 352 g/mol. The number of methoxy groups -OCH3 is 1. The molecule has 0 atom stereocenters. The Labute approximate surface area is 138 Å². The second-order valence-corrected chi connectivity index (χ2v) is 7.22. The van der Waals surface area contributed by atoms with Crippen molar-refractivity contribution < 1.29 is 4.74 Å². The molecule has 5 heteroatoms. The zero-order valence-corrected chi connectivity index (χ0v) is 14.6. The first kappa shape index (κ1) is 15.3. The lowest BCUT2D eigenvalue weighted by Crippen LogP contribution is -2.16. The summed E-state index contributed by atoms with van der Waals surface area (Å²) in [6.45, 7) is 1.86. The number of imidazole rings is 1. The van der Waals surface area contributed by atoms with Crippen LogP contribution in [0.1, 0.15) is 25.1 Å². The molecule has 0 unspecified atom stereocenters. The number of ether oxygens (including phenoxy) is 1. The number of hydrogen-bond donors (Lipinski definition) is 0. The lowest BCUT2D eigenvalue weighted by Gasteiger charge is -2.18. The quantitative estimate of drug-likeness (QED) is 0.675. The average Bonchev–Trinajstić information content (AvgIpc) is 3.16. The van der Waals surface area contributed by atoms with Crippen LogP contribution >= 0.6 is 27.5 Å². The van der Waals surface area contributed by atoms with Gasteiger partial charge in [0.25, 0.3) is 0 Å². The van der Waals surface area contributed by atoms with Crippen LogP contribution in [0.4, 0.5) is 0 Å². The maximum atomic E-state index is 5.95. The number of halogens is 2. The lowest BCUT2D eigenvalue weighted by atomic mass is 10.0. The summed E-state index contributed by atoms with van der Waals surface area (Å²) in [6, 6.07) is 6.31. The molecule has 1 fully saturated rings. The van der Waals surface area contributed by atoms with E-state index in [2.05, 4.69) is 38.7 Å². The van der Waals surface area contributed by atoms with Crippen LogP contribution < -0.4 is 0 Å². The van der Waals surface area contributed by atoms with E-state index >= 15 is 0 Å². The highest BCUT2D eigenvalue weighted by molar-refractivity contribution is 9.10. The predicted octanol–water partition coefficient (Wildman–Crippen LogP) is 4.40. The molecule has 0 N–H and O–H groups in total. The van der Waals surface area contributed by atoms with Gasteiger partial charge in [0.05, 0.1) is 11.0 Å². The van der Waals surface area contributed by atoms with Gasteiger partial charge in [-0.25, -0.2) is 4.98 Å². The van der Waals surface area contributed by atoms with E-state index in [9.17, 15) is 0 Å². The normalized spacial score (nSPS) is 16.5. The van der Waals surface area contributed by atoms with Gasteiger partial charge in [-0.05, 0) is 42.9 Å². The minimum atomic E-state index is 0.401. The Hall–Kier alpha value is -0.580. The van der Waals surface area contributed by atoms with Crippen LogP contribution in [-0.4, -0.2) is 29.1 Å². The van der Waals surface area contributed by atoms with E-state index in [-0.39, 0.29) is 0 Å². The molecule has 0 aliphatic heterocycles. The first-order chi connectivity index (χ1) is 10.2. The van der Waals surface area contributed by atoms with Crippen molar-refractivity contribution in [2.45, 2.75) is 32.2 Å². The summed E-state index contributed by atoms with van der Waals surface area (Å²) in [7, 11) is 1.78. The summed E-state index contributed by atoms with van der Waals surface area (Å²) in [5.41, 5.74) is 2.66. The van der Waals surface area contributed by atoms with Crippen molar-refractivity contribution in [1.29, 1.82) is 0 Å². The molecule has 1 aliphatic rings. The maximum Gasteiger partial charge on any atom is 0.111 e. The Bertz CT molecular complexity index is 636. The van der Waals surface area contributed by atoms with E-state index in [1.54, 1.807) is 7.11 Å². The van der Waals surface area contributed by atoms with E-state index in [4.69, 9.17) is 21.3 Å². The van der Waals surface area contributed by atoms with E-state index in [1.165, 1.54) is 18.4 Å². The molecule has 0 radical (unpaired) electrons. The van der Waals surface area contributed by atoms with Gasteiger partial charge in [-0.2, -0.15) is 0 Å². The van der Waals surface area contributed by atoms with E-state index in [1.807, 2.05) is 0 Å². The fraction of sp³-hybridized carbons (Fsp3) is 0.562. The van der Waals surface area contributed by atoms with Crippen LogP contribution in [0, 0.1) is 5.41 Å². The highest BCUT2D eigenvalue weighted by atomic mass is 79.9. The number of aromatic nitrogens is 2. The number of aryl methyl sites for hydroxylation is 1. The summed E-state index contributed by atoms with van der Waals surface area (Å²) < 4.78 is 8.70. The Morgan fingerprint density at radius 2 is 2.24 bits per heavy atom. The molecule has 0 bridgehead atoms. The zero-order valence-electron chi connectivity index (χ0n) is 12.2. The third-order valence-electron chi connectivity index (χ3n) is 4.39. The van der Waals surface area contributed by atoms with Crippen molar-refractivity contribution in [2.24, 2.45) is 5.41 Å². The van der Waals surface area contributed by atoms with E-state index < -0.39 is 0 Å². The Morgan fingerprint density at radius 1 is 1.43 bits per heavy atom. The Balaban J connectivity index is 1.94. The van der Waals surface area contributed by atoms with Gasteiger partial charge in [-0.3, -0.25) is 0 Å². The van der Waals surface area contributed by atoms with Gasteiger partial charge in [-0.1, -0.05) is 15.9 Å². The number of hydrogen-bond acceptors (Lipinski definition) is 2. The molecule has 1 heterocycles. The number of benzene rings is 1. The summed E-state index contributed by atoms with van der Waals surface area (Å²) in [5.74, 6) is 1.71. The van der Waals surface area contributed by atoms with Gasteiger partial charge in [0.2, 0.25) is 0 Å². The summed E-state index contributed by atoms with van der Waals surface area (Å²) in [5, 5.41) is 0. The molecule has 1 aromatic heterocycles. The monoisotopic (exact) mass is 370 g/mol. The van der Waals surface area contributed by atoms with Crippen molar-refractivity contribution in [3.8, 4) is 0 Å². The molecular formula is C16H20BrClN2O. The largest absolute Gasteiger partial charge is 0.385 e. The van der Waals surface area contributed by atoms with Crippen LogP contribution in [0.2, 0.25) is 0 Å². The molecule has 1 saturated carbocycles. The van der Waals surface area contributed by atoms with Crippen molar-refractivity contribution in [2.75, 3.05) is 19.6 Å².